The zero-order chi connectivity index (χ0) is 17.0. The molecule has 0 aliphatic carbocycles. The van der Waals surface area contributed by atoms with Crippen LogP contribution in [-0.4, -0.2) is 58.1 Å². The summed E-state index contributed by atoms with van der Waals surface area (Å²) in [5, 5.41) is 13.5. The van der Waals surface area contributed by atoms with E-state index < -0.39 is 30.8 Å². The minimum absolute atomic E-state index is 0.0760. The van der Waals surface area contributed by atoms with Crippen molar-refractivity contribution in [1.82, 2.24) is 15.0 Å². The first kappa shape index (κ1) is 17.7. The van der Waals surface area contributed by atoms with Crippen LogP contribution in [0.4, 0.5) is 13.2 Å². The average Bonchev–Trinajstić information content (AvgIpc) is 3.08. The summed E-state index contributed by atoms with van der Waals surface area (Å²) in [5.41, 5.74) is 0. The van der Waals surface area contributed by atoms with Gasteiger partial charge in [-0.2, -0.15) is 18.2 Å². The zero-order valence-electron chi connectivity index (χ0n) is 12.5. The van der Waals surface area contributed by atoms with Crippen molar-refractivity contribution >= 4 is 5.91 Å². The van der Waals surface area contributed by atoms with Gasteiger partial charge < -0.3 is 19.3 Å². The van der Waals surface area contributed by atoms with Crippen molar-refractivity contribution in [2.45, 2.75) is 44.5 Å². The molecule has 1 amide bonds. The number of carbonyl (C=O) groups is 1. The number of aromatic nitrogens is 2. The molecule has 1 fully saturated rings. The van der Waals surface area contributed by atoms with Crippen molar-refractivity contribution in [1.29, 1.82) is 0 Å². The molecule has 23 heavy (non-hydrogen) atoms. The Labute approximate surface area is 130 Å². The second kappa shape index (κ2) is 7.26. The van der Waals surface area contributed by atoms with E-state index >= 15 is 0 Å². The smallest absolute Gasteiger partial charge is 0.391 e. The summed E-state index contributed by atoms with van der Waals surface area (Å²) < 4.78 is 45.4. The Kier molecular flexibility index (Phi) is 5.58. The quantitative estimate of drug-likeness (QED) is 0.786. The van der Waals surface area contributed by atoms with E-state index in [-0.39, 0.29) is 31.9 Å². The van der Waals surface area contributed by atoms with E-state index in [4.69, 9.17) is 4.52 Å². The van der Waals surface area contributed by atoms with Crippen molar-refractivity contribution in [3.63, 3.8) is 0 Å². The largest absolute Gasteiger partial charge is 0.411 e. The Morgan fingerprint density at radius 2 is 2.26 bits per heavy atom. The highest BCUT2D eigenvalue weighted by Gasteiger charge is 2.38. The van der Waals surface area contributed by atoms with Gasteiger partial charge in [-0.1, -0.05) is 12.1 Å². The van der Waals surface area contributed by atoms with E-state index in [0.29, 0.717) is 12.2 Å². The molecule has 1 aromatic heterocycles. The number of hydrogen-bond acceptors (Lipinski definition) is 6. The molecule has 1 aromatic rings. The van der Waals surface area contributed by atoms with Crippen LogP contribution in [0.1, 0.15) is 37.5 Å². The van der Waals surface area contributed by atoms with Gasteiger partial charge >= 0.3 is 6.18 Å². The van der Waals surface area contributed by atoms with E-state index in [1.807, 2.05) is 6.92 Å². The number of alkyl halides is 3. The maximum Gasteiger partial charge on any atom is 0.411 e. The van der Waals surface area contributed by atoms with Crippen molar-refractivity contribution in [3.05, 3.63) is 11.7 Å². The second-order valence-corrected chi connectivity index (χ2v) is 5.27. The third-order valence-corrected chi connectivity index (χ3v) is 3.41. The molecule has 0 unspecified atom stereocenters. The number of aryl methyl sites for hydroxylation is 1. The highest BCUT2D eigenvalue weighted by molar-refractivity contribution is 5.77. The summed E-state index contributed by atoms with van der Waals surface area (Å²) in [7, 11) is 0. The van der Waals surface area contributed by atoms with Crippen molar-refractivity contribution in [3.8, 4) is 0 Å². The second-order valence-electron chi connectivity index (χ2n) is 5.27. The van der Waals surface area contributed by atoms with Gasteiger partial charge in [0, 0.05) is 19.4 Å². The highest BCUT2D eigenvalue weighted by Crippen LogP contribution is 2.31. The minimum atomic E-state index is -4.42. The fourth-order valence-corrected chi connectivity index (χ4v) is 2.36. The molecule has 1 N–H and O–H groups in total. The highest BCUT2D eigenvalue weighted by atomic mass is 19.4. The van der Waals surface area contributed by atoms with Crippen molar-refractivity contribution < 1.29 is 32.3 Å². The minimum Gasteiger partial charge on any atom is -0.391 e. The van der Waals surface area contributed by atoms with Gasteiger partial charge in [0.15, 0.2) is 5.82 Å². The van der Waals surface area contributed by atoms with Crippen LogP contribution in [0.5, 0.6) is 0 Å². The lowest BCUT2D eigenvalue weighted by molar-refractivity contribution is -0.175. The zero-order valence-corrected chi connectivity index (χ0v) is 12.5. The van der Waals surface area contributed by atoms with Gasteiger partial charge in [-0.15, -0.1) is 0 Å². The SMILES string of the molecule is CCc1noc([C@H]2C[C@H](O)CN2C(=O)CCOCC(F)(F)F)n1. The number of amides is 1. The monoisotopic (exact) mass is 337 g/mol. The number of aliphatic hydroxyl groups excluding tert-OH is 1. The first-order valence-electron chi connectivity index (χ1n) is 7.24. The van der Waals surface area contributed by atoms with Crippen LogP contribution >= 0.6 is 0 Å². The number of β-amino-alcohol motifs (C(OH)–C–C–N with tert-alkyl or cyclic N) is 1. The number of aliphatic hydroxyl groups is 1. The topological polar surface area (TPSA) is 88.7 Å². The fraction of sp³-hybridized carbons (Fsp3) is 0.769. The maximum absolute atomic E-state index is 12.1. The first-order valence-corrected chi connectivity index (χ1v) is 7.24. The number of likely N-dealkylation sites (tertiary alicyclic amines) is 1. The number of nitrogens with zero attached hydrogens (tertiary/aromatic N) is 3. The maximum atomic E-state index is 12.1. The lowest BCUT2D eigenvalue weighted by Gasteiger charge is -2.21. The number of halogens is 3. The normalized spacial score (nSPS) is 21.9. The van der Waals surface area contributed by atoms with Crippen LogP contribution in [0.2, 0.25) is 0 Å². The van der Waals surface area contributed by atoms with Crippen molar-refractivity contribution in [2.75, 3.05) is 19.8 Å². The van der Waals surface area contributed by atoms with Crippen LogP contribution in [0, 0.1) is 0 Å². The molecule has 1 saturated heterocycles. The number of ether oxygens (including phenoxy) is 1. The molecule has 0 saturated carbocycles. The molecule has 2 atom stereocenters. The van der Waals surface area contributed by atoms with Gasteiger partial charge in [0.05, 0.1) is 19.1 Å². The van der Waals surface area contributed by atoms with Gasteiger partial charge in [-0.25, -0.2) is 0 Å². The van der Waals surface area contributed by atoms with E-state index in [1.54, 1.807) is 0 Å². The molecule has 0 bridgehead atoms. The Morgan fingerprint density at radius 1 is 1.52 bits per heavy atom. The first-order chi connectivity index (χ1) is 10.8. The predicted octanol–water partition coefficient (Wildman–Crippen LogP) is 1.24. The molecule has 0 radical (unpaired) electrons. The van der Waals surface area contributed by atoms with E-state index in [1.165, 1.54) is 4.90 Å². The third-order valence-electron chi connectivity index (χ3n) is 3.41. The lowest BCUT2D eigenvalue weighted by atomic mass is 10.2. The number of hydrogen-bond donors (Lipinski definition) is 1. The standard InChI is InChI=1S/C13H18F3N3O4/c1-2-10-17-12(23-18-10)9-5-8(20)6-19(9)11(21)3-4-22-7-13(14,15)16/h8-9,20H,2-7H2,1H3/t8-,9+/m0/s1. The van der Waals surface area contributed by atoms with Crippen LogP contribution in [0.3, 0.4) is 0 Å². The predicted molar refractivity (Wildman–Crippen MR) is 70.2 cm³/mol. The molecule has 0 spiro atoms. The van der Waals surface area contributed by atoms with Crippen molar-refractivity contribution in [2.24, 2.45) is 0 Å². The molecular weight excluding hydrogens is 319 g/mol. The molecule has 1 aliphatic rings. The van der Waals surface area contributed by atoms with E-state index in [9.17, 15) is 23.1 Å². The summed E-state index contributed by atoms with van der Waals surface area (Å²) >= 11 is 0. The van der Waals surface area contributed by atoms with Crippen LogP contribution in [0.25, 0.3) is 0 Å². The summed E-state index contributed by atoms with van der Waals surface area (Å²) in [4.78, 5) is 17.6. The lowest BCUT2D eigenvalue weighted by Crippen LogP contribution is -2.33. The Morgan fingerprint density at radius 3 is 2.87 bits per heavy atom. The Balaban J connectivity index is 1.92. The van der Waals surface area contributed by atoms with Gasteiger partial charge in [0.25, 0.3) is 0 Å². The van der Waals surface area contributed by atoms with Crippen LogP contribution in [0.15, 0.2) is 4.52 Å². The molecule has 0 aromatic carbocycles. The van der Waals surface area contributed by atoms with Gasteiger partial charge in [-0.3, -0.25) is 4.79 Å². The van der Waals surface area contributed by atoms with Crippen LogP contribution in [-0.2, 0) is 16.0 Å². The molecule has 2 heterocycles. The summed E-state index contributed by atoms with van der Waals surface area (Å²) in [6.45, 7) is 0.184. The molecular formula is C13H18F3N3O4. The van der Waals surface area contributed by atoms with E-state index in [2.05, 4.69) is 14.9 Å². The average molecular weight is 337 g/mol. The Hall–Kier alpha value is -1.68. The van der Waals surface area contributed by atoms with Gasteiger partial charge in [0.2, 0.25) is 11.8 Å². The number of rotatable bonds is 6. The third kappa shape index (κ3) is 4.90. The number of carbonyl (C=O) groups excluding carboxylic acids is 1. The van der Waals surface area contributed by atoms with Gasteiger partial charge in [0.1, 0.15) is 12.6 Å². The summed E-state index contributed by atoms with van der Waals surface area (Å²) in [5.74, 6) is 0.287. The van der Waals surface area contributed by atoms with Gasteiger partial charge in [-0.05, 0) is 0 Å². The Bertz CT molecular complexity index is 535. The fourth-order valence-electron chi connectivity index (χ4n) is 2.36. The molecule has 1 aliphatic heterocycles. The van der Waals surface area contributed by atoms with Crippen LogP contribution < -0.4 is 0 Å². The molecule has 130 valence electrons. The molecule has 10 heteroatoms. The molecule has 7 nitrogen and oxygen atoms in total. The van der Waals surface area contributed by atoms with E-state index in [0.717, 1.165) is 0 Å². The summed E-state index contributed by atoms with van der Waals surface area (Å²) in [6, 6.07) is -0.562. The molecule has 2 rings (SSSR count). The summed E-state index contributed by atoms with van der Waals surface area (Å²) in [6.07, 6.45) is -4.56.